The minimum atomic E-state index is 0.316. The lowest BCUT2D eigenvalue weighted by molar-refractivity contribution is 0.169. The summed E-state index contributed by atoms with van der Waals surface area (Å²) in [5, 5.41) is 3.70. The maximum atomic E-state index is 5.26. The van der Waals surface area contributed by atoms with Crippen LogP contribution in [0, 0.1) is 17.8 Å². The maximum absolute atomic E-state index is 5.26. The van der Waals surface area contributed by atoms with E-state index in [1.165, 1.54) is 19.3 Å². The van der Waals surface area contributed by atoms with Crippen molar-refractivity contribution >= 4 is 0 Å². The van der Waals surface area contributed by atoms with Crippen LogP contribution < -0.4 is 10.1 Å². The van der Waals surface area contributed by atoms with E-state index in [1.807, 2.05) is 6.07 Å². The van der Waals surface area contributed by atoms with Gasteiger partial charge in [0.15, 0.2) is 0 Å². The fourth-order valence-corrected chi connectivity index (χ4v) is 3.34. The molecule has 0 bridgehead atoms. The predicted octanol–water partition coefficient (Wildman–Crippen LogP) is 3.60. The van der Waals surface area contributed by atoms with Crippen molar-refractivity contribution in [2.45, 2.75) is 52.5 Å². The molecule has 4 atom stereocenters. The van der Waals surface area contributed by atoms with Crippen molar-refractivity contribution in [2.75, 3.05) is 13.7 Å². The SMILES string of the molecule is CCCNC(c1cc(OC)ncn1)C1CCC(C)C(C)C1. The van der Waals surface area contributed by atoms with E-state index in [1.54, 1.807) is 13.4 Å². The van der Waals surface area contributed by atoms with Crippen molar-refractivity contribution < 1.29 is 4.74 Å². The number of nitrogens with one attached hydrogen (secondary N) is 1. The zero-order valence-electron chi connectivity index (χ0n) is 13.8. The molecule has 2 rings (SSSR count). The van der Waals surface area contributed by atoms with Gasteiger partial charge in [0.1, 0.15) is 6.33 Å². The summed E-state index contributed by atoms with van der Waals surface area (Å²) in [6, 6.07) is 2.30. The summed E-state index contributed by atoms with van der Waals surface area (Å²) in [5.74, 6) is 2.94. The molecule has 0 aliphatic heterocycles. The van der Waals surface area contributed by atoms with Gasteiger partial charge in [-0.05, 0) is 43.6 Å². The van der Waals surface area contributed by atoms with Crippen LogP contribution in [0.15, 0.2) is 12.4 Å². The zero-order valence-corrected chi connectivity index (χ0v) is 13.8. The zero-order chi connectivity index (χ0) is 15.2. The summed E-state index contributed by atoms with van der Waals surface area (Å²) >= 11 is 0. The Bertz CT molecular complexity index is 438. The molecule has 4 unspecified atom stereocenters. The van der Waals surface area contributed by atoms with Crippen molar-refractivity contribution in [2.24, 2.45) is 17.8 Å². The van der Waals surface area contributed by atoms with Gasteiger partial charge in [0, 0.05) is 6.07 Å². The summed E-state index contributed by atoms with van der Waals surface area (Å²) < 4.78 is 5.26. The lowest BCUT2D eigenvalue weighted by Crippen LogP contribution is -2.34. The maximum Gasteiger partial charge on any atom is 0.216 e. The van der Waals surface area contributed by atoms with Gasteiger partial charge >= 0.3 is 0 Å². The van der Waals surface area contributed by atoms with Gasteiger partial charge in [-0.2, -0.15) is 0 Å². The standard InChI is InChI=1S/C17H29N3O/c1-5-8-18-17(14-7-6-12(2)13(3)9-14)15-10-16(21-4)20-11-19-15/h10-14,17-18H,5-9H2,1-4H3. The highest BCUT2D eigenvalue weighted by Crippen LogP contribution is 2.39. The lowest BCUT2D eigenvalue weighted by Gasteiger charge is -2.37. The van der Waals surface area contributed by atoms with E-state index in [4.69, 9.17) is 4.74 Å². The van der Waals surface area contributed by atoms with Crippen LogP contribution in [0.5, 0.6) is 5.88 Å². The van der Waals surface area contributed by atoms with Crippen molar-refractivity contribution in [3.05, 3.63) is 18.1 Å². The molecule has 0 aromatic carbocycles. The Morgan fingerprint density at radius 3 is 2.76 bits per heavy atom. The highest BCUT2D eigenvalue weighted by Gasteiger charge is 2.31. The summed E-state index contributed by atoms with van der Waals surface area (Å²) in [4.78, 5) is 8.64. The highest BCUT2D eigenvalue weighted by molar-refractivity contribution is 5.17. The van der Waals surface area contributed by atoms with E-state index in [9.17, 15) is 0 Å². The minimum absolute atomic E-state index is 0.316. The summed E-state index contributed by atoms with van der Waals surface area (Å²) in [7, 11) is 1.66. The van der Waals surface area contributed by atoms with E-state index in [0.717, 1.165) is 30.5 Å². The van der Waals surface area contributed by atoms with Crippen molar-refractivity contribution in [1.29, 1.82) is 0 Å². The first kappa shape index (κ1) is 16.2. The molecule has 1 fully saturated rings. The molecule has 0 radical (unpaired) electrons. The fourth-order valence-electron chi connectivity index (χ4n) is 3.34. The molecule has 0 spiro atoms. The first-order valence-electron chi connectivity index (χ1n) is 8.25. The first-order chi connectivity index (χ1) is 10.2. The number of aromatic nitrogens is 2. The molecule has 0 amide bonds. The van der Waals surface area contributed by atoms with Crippen LogP contribution in [-0.2, 0) is 0 Å². The normalized spacial score (nSPS) is 27.3. The third-order valence-electron chi connectivity index (χ3n) is 4.92. The summed E-state index contributed by atoms with van der Waals surface area (Å²) in [6.45, 7) is 7.99. The molecule has 1 N–H and O–H groups in total. The van der Waals surface area contributed by atoms with Gasteiger partial charge in [-0.15, -0.1) is 0 Å². The van der Waals surface area contributed by atoms with Gasteiger partial charge < -0.3 is 10.1 Å². The highest BCUT2D eigenvalue weighted by atomic mass is 16.5. The molecule has 4 heteroatoms. The number of hydrogen-bond donors (Lipinski definition) is 1. The Balaban J connectivity index is 2.17. The van der Waals surface area contributed by atoms with Gasteiger partial charge in [-0.3, -0.25) is 0 Å². The molecule has 118 valence electrons. The molecule has 4 nitrogen and oxygen atoms in total. The number of nitrogens with zero attached hydrogens (tertiary/aromatic N) is 2. The van der Waals surface area contributed by atoms with Crippen molar-refractivity contribution in [3.8, 4) is 5.88 Å². The molecule has 1 heterocycles. The average molecular weight is 291 g/mol. The quantitative estimate of drug-likeness (QED) is 0.870. The van der Waals surface area contributed by atoms with Crippen LogP contribution >= 0.6 is 0 Å². The van der Waals surface area contributed by atoms with Gasteiger partial charge in [-0.1, -0.05) is 27.2 Å². The summed E-state index contributed by atoms with van der Waals surface area (Å²) in [5.41, 5.74) is 1.07. The Kier molecular flexibility index (Phi) is 5.97. The monoisotopic (exact) mass is 291 g/mol. The number of hydrogen-bond acceptors (Lipinski definition) is 4. The number of methoxy groups -OCH3 is 1. The van der Waals surface area contributed by atoms with Crippen LogP contribution in [0.4, 0.5) is 0 Å². The third-order valence-corrected chi connectivity index (χ3v) is 4.92. The van der Waals surface area contributed by atoms with Crippen LogP contribution in [0.2, 0.25) is 0 Å². The minimum Gasteiger partial charge on any atom is -0.481 e. The van der Waals surface area contributed by atoms with Gasteiger partial charge in [0.25, 0.3) is 0 Å². The van der Waals surface area contributed by atoms with Gasteiger partial charge in [0.05, 0.1) is 18.8 Å². The van der Waals surface area contributed by atoms with Crippen LogP contribution in [0.3, 0.4) is 0 Å². The van der Waals surface area contributed by atoms with E-state index < -0.39 is 0 Å². The topological polar surface area (TPSA) is 47.0 Å². The smallest absolute Gasteiger partial charge is 0.216 e. The largest absolute Gasteiger partial charge is 0.481 e. The molecular formula is C17H29N3O. The Hall–Kier alpha value is -1.16. The average Bonchev–Trinajstić information content (AvgIpc) is 2.51. The van der Waals surface area contributed by atoms with Gasteiger partial charge in [-0.25, -0.2) is 9.97 Å². The van der Waals surface area contributed by atoms with E-state index in [2.05, 4.69) is 36.1 Å². The Morgan fingerprint density at radius 2 is 2.10 bits per heavy atom. The molecule has 1 saturated carbocycles. The fraction of sp³-hybridized carbons (Fsp3) is 0.765. The second-order valence-electron chi connectivity index (χ2n) is 6.44. The second-order valence-corrected chi connectivity index (χ2v) is 6.44. The Labute approximate surface area is 128 Å². The van der Waals surface area contributed by atoms with E-state index in [-0.39, 0.29) is 0 Å². The molecule has 0 saturated heterocycles. The molecule has 21 heavy (non-hydrogen) atoms. The molecule has 1 aromatic heterocycles. The van der Waals surface area contributed by atoms with Crippen LogP contribution in [-0.4, -0.2) is 23.6 Å². The Morgan fingerprint density at radius 1 is 1.29 bits per heavy atom. The van der Waals surface area contributed by atoms with E-state index in [0.29, 0.717) is 17.8 Å². The predicted molar refractivity (Wildman–Crippen MR) is 85.3 cm³/mol. The first-order valence-corrected chi connectivity index (χ1v) is 8.25. The number of ether oxygens (including phenoxy) is 1. The molecule has 1 aliphatic rings. The second kappa shape index (κ2) is 7.74. The van der Waals surface area contributed by atoms with Gasteiger partial charge in [0.2, 0.25) is 5.88 Å². The van der Waals surface area contributed by atoms with Crippen LogP contribution in [0.1, 0.15) is 58.2 Å². The molecule has 1 aromatic rings. The van der Waals surface area contributed by atoms with E-state index >= 15 is 0 Å². The molecule has 1 aliphatic carbocycles. The van der Waals surface area contributed by atoms with Crippen LogP contribution in [0.25, 0.3) is 0 Å². The lowest BCUT2D eigenvalue weighted by atomic mass is 9.72. The third kappa shape index (κ3) is 4.16. The molecular weight excluding hydrogens is 262 g/mol. The number of rotatable bonds is 6. The van der Waals surface area contributed by atoms with Crippen molar-refractivity contribution in [3.63, 3.8) is 0 Å². The van der Waals surface area contributed by atoms with Crippen molar-refractivity contribution in [1.82, 2.24) is 15.3 Å². The summed E-state index contributed by atoms with van der Waals surface area (Å²) in [6.07, 6.45) is 6.62.